The van der Waals surface area contributed by atoms with Crippen LogP contribution in [0.1, 0.15) is 19.3 Å². The summed E-state index contributed by atoms with van der Waals surface area (Å²) in [6.45, 7) is 0.557. The van der Waals surface area contributed by atoms with Gasteiger partial charge in [0.1, 0.15) is 11.5 Å². The number of anilines is 1. The zero-order valence-electron chi connectivity index (χ0n) is 14.8. The zero-order chi connectivity index (χ0) is 18.1. The van der Waals surface area contributed by atoms with Crippen molar-refractivity contribution in [3.63, 3.8) is 0 Å². The quantitative estimate of drug-likeness (QED) is 0.830. The molecule has 2 aromatic rings. The monoisotopic (exact) mass is 350 g/mol. The SMILES string of the molecule is CN(C(=O)C1CC(=O)N(C2CC2)C1)c1ccc(Oc2ccccc2)cc1. The van der Waals surface area contributed by atoms with E-state index in [0.717, 1.165) is 30.0 Å². The van der Waals surface area contributed by atoms with E-state index in [9.17, 15) is 9.59 Å². The van der Waals surface area contributed by atoms with E-state index >= 15 is 0 Å². The van der Waals surface area contributed by atoms with Crippen molar-refractivity contribution in [2.45, 2.75) is 25.3 Å². The lowest BCUT2D eigenvalue weighted by Gasteiger charge is -2.21. The van der Waals surface area contributed by atoms with Gasteiger partial charge in [-0.2, -0.15) is 0 Å². The molecule has 2 aromatic carbocycles. The molecule has 134 valence electrons. The van der Waals surface area contributed by atoms with E-state index in [0.29, 0.717) is 19.0 Å². The predicted octanol–water partition coefficient (Wildman–Crippen LogP) is 3.45. The Labute approximate surface area is 153 Å². The van der Waals surface area contributed by atoms with Crippen LogP contribution in [0.3, 0.4) is 0 Å². The highest BCUT2D eigenvalue weighted by Gasteiger charge is 2.42. The topological polar surface area (TPSA) is 49.9 Å². The molecule has 2 fully saturated rings. The Kier molecular flexibility index (Phi) is 4.37. The smallest absolute Gasteiger partial charge is 0.232 e. The van der Waals surface area contributed by atoms with Gasteiger partial charge in [-0.25, -0.2) is 0 Å². The number of carbonyl (C=O) groups is 2. The molecule has 2 aliphatic rings. The van der Waals surface area contributed by atoms with Gasteiger partial charge in [-0.1, -0.05) is 18.2 Å². The number of nitrogens with zero attached hydrogens (tertiary/aromatic N) is 2. The second kappa shape index (κ2) is 6.83. The molecule has 5 heteroatoms. The Morgan fingerprint density at radius 3 is 2.35 bits per heavy atom. The van der Waals surface area contributed by atoms with Crippen LogP contribution in [0.4, 0.5) is 5.69 Å². The number of rotatable bonds is 5. The Balaban J connectivity index is 1.40. The predicted molar refractivity (Wildman–Crippen MR) is 99.2 cm³/mol. The molecule has 5 nitrogen and oxygen atoms in total. The molecule has 0 aromatic heterocycles. The summed E-state index contributed by atoms with van der Waals surface area (Å²) < 4.78 is 5.78. The van der Waals surface area contributed by atoms with Crippen LogP contribution in [0, 0.1) is 5.92 Å². The van der Waals surface area contributed by atoms with Gasteiger partial charge < -0.3 is 14.5 Å². The molecule has 1 saturated carbocycles. The van der Waals surface area contributed by atoms with Gasteiger partial charge in [0.15, 0.2) is 0 Å². The third-order valence-corrected chi connectivity index (χ3v) is 5.03. The lowest BCUT2D eigenvalue weighted by Crippen LogP contribution is -2.35. The highest BCUT2D eigenvalue weighted by Crippen LogP contribution is 2.33. The summed E-state index contributed by atoms with van der Waals surface area (Å²) in [7, 11) is 1.76. The van der Waals surface area contributed by atoms with Crippen LogP contribution in [0.25, 0.3) is 0 Å². The maximum absolute atomic E-state index is 12.8. The average Bonchev–Trinajstić information content (AvgIpc) is 3.44. The summed E-state index contributed by atoms with van der Waals surface area (Å²) in [6.07, 6.45) is 2.48. The fourth-order valence-electron chi connectivity index (χ4n) is 3.40. The number of hydrogen-bond acceptors (Lipinski definition) is 3. The van der Waals surface area contributed by atoms with Gasteiger partial charge in [-0.3, -0.25) is 9.59 Å². The summed E-state index contributed by atoms with van der Waals surface area (Å²) in [5.74, 6) is 1.36. The van der Waals surface area contributed by atoms with Gasteiger partial charge in [-0.15, -0.1) is 0 Å². The van der Waals surface area contributed by atoms with Gasteiger partial charge >= 0.3 is 0 Å². The minimum Gasteiger partial charge on any atom is -0.457 e. The third-order valence-electron chi connectivity index (χ3n) is 5.03. The minimum absolute atomic E-state index is 0.00164. The van der Waals surface area contributed by atoms with Crippen LogP contribution in [0.2, 0.25) is 0 Å². The maximum Gasteiger partial charge on any atom is 0.232 e. The summed E-state index contributed by atoms with van der Waals surface area (Å²) in [5.41, 5.74) is 0.799. The first-order valence-electron chi connectivity index (χ1n) is 9.02. The van der Waals surface area contributed by atoms with Crippen molar-refractivity contribution in [1.29, 1.82) is 0 Å². The van der Waals surface area contributed by atoms with E-state index in [4.69, 9.17) is 4.74 Å². The average molecular weight is 350 g/mol. The van der Waals surface area contributed by atoms with Crippen molar-refractivity contribution in [2.24, 2.45) is 5.92 Å². The number of ether oxygens (including phenoxy) is 1. The molecule has 1 aliphatic heterocycles. The van der Waals surface area contributed by atoms with Crippen LogP contribution in [-0.4, -0.2) is 36.3 Å². The molecule has 1 saturated heterocycles. The van der Waals surface area contributed by atoms with Crippen LogP contribution in [0.5, 0.6) is 11.5 Å². The maximum atomic E-state index is 12.8. The Morgan fingerprint density at radius 1 is 1.04 bits per heavy atom. The van der Waals surface area contributed by atoms with Crippen molar-refractivity contribution in [3.8, 4) is 11.5 Å². The van der Waals surface area contributed by atoms with Crippen LogP contribution < -0.4 is 9.64 Å². The van der Waals surface area contributed by atoms with Crippen molar-refractivity contribution in [3.05, 3.63) is 54.6 Å². The van der Waals surface area contributed by atoms with Gasteiger partial charge in [0.25, 0.3) is 0 Å². The van der Waals surface area contributed by atoms with E-state index < -0.39 is 0 Å². The van der Waals surface area contributed by atoms with Crippen LogP contribution >= 0.6 is 0 Å². The molecule has 0 spiro atoms. The molecule has 1 atom stereocenters. The Hall–Kier alpha value is -2.82. The third kappa shape index (κ3) is 3.43. The van der Waals surface area contributed by atoms with Crippen LogP contribution in [0.15, 0.2) is 54.6 Å². The number of hydrogen-bond donors (Lipinski definition) is 0. The molecular weight excluding hydrogens is 328 g/mol. The summed E-state index contributed by atoms with van der Waals surface area (Å²) in [6, 6.07) is 17.4. The molecular formula is C21H22N2O3. The molecule has 0 bridgehead atoms. The standard InChI is InChI=1S/C21H22N2O3/c1-22(21(25)15-13-20(24)23(14-15)17-7-8-17)16-9-11-19(12-10-16)26-18-5-3-2-4-6-18/h2-6,9-12,15,17H,7-8,13-14H2,1H3. The minimum atomic E-state index is -0.242. The van der Waals surface area contributed by atoms with E-state index in [-0.39, 0.29) is 17.7 Å². The normalized spacial score (nSPS) is 19.5. The Bertz CT molecular complexity index is 800. The van der Waals surface area contributed by atoms with Crippen molar-refractivity contribution in [1.82, 2.24) is 4.90 Å². The van der Waals surface area contributed by atoms with E-state index in [2.05, 4.69) is 0 Å². The first-order valence-corrected chi connectivity index (χ1v) is 9.02. The fourth-order valence-corrected chi connectivity index (χ4v) is 3.40. The summed E-state index contributed by atoms with van der Waals surface area (Å²) in [5, 5.41) is 0. The van der Waals surface area contributed by atoms with E-state index in [1.807, 2.05) is 59.5 Å². The molecule has 0 N–H and O–H groups in total. The summed E-state index contributed by atoms with van der Waals surface area (Å²) in [4.78, 5) is 28.4. The van der Waals surface area contributed by atoms with E-state index in [1.165, 1.54) is 0 Å². The summed E-state index contributed by atoms with van der Waals surface area (Å²) >= 11 is 0. The molecule has 2 amide bonds. The van der Waals surface area contributed by atoms with Crippen LogP contribution in [-0.2, 0) is 9.59 Å². The van der Waals surface area contributed by atoms with Crippen molar-refractivity contribution >= 4 is 17.5 Å². The van der Waals surface area contributed by atoms with E-state index in [1.54, 1.807) is 11.9 Å². The second-order valence-electron chi connectivity index (χ2n) is 6.98. The number of benzene rings is 2. The highest BCUT2D eigenvalue weighted by molar-refractivity contribution is 5.98. The lowest BCUT2D eigenvalue weighted by molar-refractivity contribution is -0.128. The Morgan fingerprint density at radius 2 is 1.69 bits per heavy atom. The lowest BCUT2D eigenvalue weighted by atomic mass is 10.1. The fraction of sp³-hybridized carbons (Fsp3) is 0.333. The number of amides is 2. The van der Waals surface area contributed by atoms with Crippen molar-refractivity contribution < 1.29 is 14.3 Å². The highest BCUT2D eigenvalue weighted by atomic mass is 16.5. The molecule has 1 unspecified atom stereocenters. The first-order chi connectivity index (χ1) is 12.6. The molecule has 1 heterocycles. The number of para-hydroxylation sites is 1. The zero-order valence-corrected chi connectivity index (χ0v) is 14.8. The molecule has 0 radical (unpaired) electrons. The number of carbonyl (C=O) groups excluding carboxylic acids is 2. The van der Waals surface area contributed by atoms with Gasteiger partial charge in [0.05, 0.1) is 5.92 Å². The van der Waals surface area contributed by atoms with Gasteiger partial charge in [-0.05, 0) is 49.2 Å². The molecule has 1 aliphatic carbocycles. The van der Waals surface area contributed by atoms with Crippen molar-refractivity contribution in [2.75, 3.05) is 18.5 Å². The number of likely N-dealkylation sites (tertiary alicyclic amines) is 1. The van der Waals surface area contributed by atoms with Gasteiger partial charge in [0, 0.05) is 31.7 Å². The van der Waals surface area contributed by atoms with Gasteiger partial charge in [0.2, 0.25) is 11.8 Å². The molecule has 4 rings (SSSR count). The largest absolute Gasteiger partial charge is 0.457 e. The second-order valence-corrected chi connectivity index (χ2v) is 6.98. The first kappa shape index (κ1) is 16.6. The molecule has 26 heavy (non-hydrogen) atoms.